The van der Waals surface area contributed by atoms with Crippen LogP contribution in [0.15, 0.2) is 0 Å². The van der Waals surface area contributed by atoms with Gasteiger partial charge >= 0.3 is 0 Å². The number of carbonyl (C=O) groups is 1. The number of likely N-dealkylation sites (tertiary alicyclic amines) is 1. The van der Waals surface area contributed by atoms with Gasteiger partial charge in [-0.05, 0) is 50.9 Å². The molecule has 1 rings (SSSR count). The largest absolute Gasteiger partial charge is 0.342 e. The van der Waals surface area contributed by atoms with Crippen LogP contribution in [0.3, 0.4) is 0 Å². The third-order valence-corrected chi connectivity index (χ3v) is 4.44. The molecule has 3 heteroatoms. The second-order valence-corrected chi connectivity index (χ2v) is 9.81. The summed E-state index contributed by atoms with van der Waals surface area (Å²) in [4.78, 5) is 14.4. The van der Waals surface area contributed by atoms with Crippen molar-refractivity contribution in [2.45, 2.75) is 63.7 Å². The third-order valence-electron chi connectivity index (χ3n) is 3.98. The van der Waals surface area contributed by atoms with Gasteiger partial charge in [-0.2, -0.15) is 0 Å². The molecular weight excluding hydrogens is 337 g/mol. The first-order valence-corrected chi connectivity index (χ1v) is 8.18. The predicted octanol–water partition coefficient (Wildman–Crippen LogP) is 4.26. The lowest BCUT2D eigenvalue weighted by molar-refractivity contribution is -0.133. The molecule has 0 unspecified atom stereocenters. The number of hydrogen-bond donors (Lipinski definition) is 0. The van der Waals surface area contributed by atoms with Crippen molar-refractivity contribution >= 4 is 28.5 Å². The summed E-state index contributed by atoms with van der Waals surface area (Å²) in [7, 11) is 0. The Labute approximate surface area is 126 Å². The summed E-state index contributed by atoms with van der Waals surface area (Å²) >= 11 is 2.25. The van der Waals surface area contributed by atoms with Gasteiger partial charge in [0.1, 0.15) is 0 Å². The molecule has 2 nitrogen and oxygen atoms in total. The van der Waals surface area contributed by atoms with Gasteiger partial charge in [0.2, 0.25) is 5.91 Å². The fraction of sp³-hybridized carbons (Fsp3) is 0.933. The molecule has 0 bridgehead atoms. The Morgan fingerprint density at radius 2 is 1.50 bits per heavy atom. The normalized spacial score (nSPS) is 20.4. The first kappa shape index (κ1) is 16.3. The van der Waals surface area contributed by atoms with E-state index in [1.54, 1.807) is 0 Å². The molecule has 1 aliphatic heterocycles. The number of nitrogens with zero attached hydrogens (tertiary/aromatic N) is 1. The van der Waals surface area contributed by atoms with E-state index in [4.69, 9.17) is 0 Å². The molecule has 1 saturated heterocycles. The maximum atomic E-state index is 12.3. The van der Waals surface area contributed by atoms with Crippen LogP contribution >= 0.6 is 22.6 Å². The summed E-state index contributed by atoms with van der Waals surface area (Å²) in [5.41, 5.74) is 0.411. The van der Waals surface area contributed by atoms with Crippen molar-refractivity contribution in [2.75, 3.05) is 13.1 Å². The zero-order valence-corrected chi connectivity index (χ0v) is 14.7. The molecule has 0 aromatic carbocycles. The minimum atomic E-state index is -0.264. The molecule has 0 radical (unpaired) electrons. The van der Waals surface area contributed by atoms with E-state index < -0.39 is 0 Å². The van der Waals surface area contributed by atoms with Gasteiger partial charge in [0.05, 0.1) is 3.42 Å². The average molecular weight is 365 g/mol. The number of alkyl halides is 1. The lowest BCUT2D eigenvalue weighted by atomic mass is 9.75. The minimum Gasteiger partial charge on any atom is -0.342 e. The highest BCUT2D eigenvalue weighted by Gasteiger charge is 2.31. The van der Waals surface area contributed by atoms with Crippen molar-refractivity contribution in [1.29, 1.82) is 0 Å². The quantitative estimate of drug-likeness (QED) is 0.502. The van der Waals surface area contributed by atoms with Gasteiger partial charge in [-0.1, -0.05) is 43.4 Å². The van der Waals surface area contributed by atoms with Crippen LogP contribution in [0, 0.1) is 11.3 Å². The number of rotatable bonds is 1. The van der Waals surface area contributed by atoms with E-state index in [0.29, 0.717) is 11.3 Å². The molecule has 1 fully saturated rings. The molecule has 0 atom stereocenters. The molecule has 0 saturated carbocycles. The molecule has 106 valence electrons. The molecule has 0 aromatic heterocycles. The van der Waals surface area contributed by atoms with Crippen LogP contribution < -0.4 is 0 Å². The highest BCUT2D eigenvalue weighted by molar-refractivity contribution is 14.1. The summed E-state index contributed by atoms with van der Waals surface area (Å²) in [5.74, 6) is 1.11. The van der Waals surface area contributed by atoms with Crippen molar-refractivity contribution < 1.29 is 4.79 Å². The van der Waals surface area contributed by atoms with Crippen LogP contribution in [-0.4, -0.2) is 27.3 Å². The zero-order chi connectivity index (χ0) is 14.0. The maximum absolute atomic E-state index is 12.3. The van der Waals surface area contributed by atoms with Gasteiger partial charge in [-0.15, -0.1) is 0 Å². The third kappa shape index (κ3) is 4.71. The molecule has 0 aliphatic carbocycles. The van der Waals surface area contributed by atoms with Crippen LogP contribution in [0.1, 0.15) is 60.3 Å². The molecular formula is C15H28INO. The number of hydrogen-bond acceptors (Lipinski definition) is 1. The van der Waals surface area contributed by atoms with Gasteiger partial charge in [0, 0.05) is 13.1 Å². The topological polar surface area (TPSA) is 20.3 Å². The van der Waals surface area contributed by atoms with Gasteiger partial charge in [-0.3, -0.25) is 4.79 Å². The first-order valence-electron chi connectivity index (χ1n) is 7.10. The van der Waals surface area contributed by atoms with Crippen LogP contribution in [0.5, 0.6) is 0 Å². The van der Waals surface area contributed by atoms with Gasteiger partial charge in [0.15, 0.2) is 0 Å². The van der Waals surface area contributed by atoms with Crippen molar-refractivity contribution in [2.24, 2.45) is 11.3 Å². The molecule has 1 amide bonds. The molecule has 18 heavy (non-hydrogen) atoms. The summed E-state index contributed by atoms with van der Waals surface area (Å²) in [6, 6.07) is 0. The monoisotopic (exact) mass is 365 g/mol. The fourth-order valence-corrected chi connectivity index (χ4v) is 3.10. The van der Waals surface area contributed by atoms with Gasteiger partial charge in [0.25, 0.3) is 0 Å². The van der Waals surface area contributed by atoms with Crippen molar-refractivity contribution in [1.82, 2.24) is 4.90 Å². The number of carbonyl (C=O) groups excluding carboxylic acids is 1. The summed E-state index contributed by atoms with van der Waals surface area (Å²) < 4.78 is -0.264. The van der Waals surface area contributed by atoms with Gasteiger partial charge in [-0.25, -0.2) is 0 Å². The number of amides is 1. The Morgan fingerprint density at radius 3 is 1.83 bits per heavy atom. The smallest absolute Gasteiger partial charge is 0.238 e. The van der Waals surface area contributed by atoms with E-state index in [2.05, 4.69) is 48.3 Å². The van der Waals surface area contributed by atoms with E-state index >= 15 is 0 Å². The van der Waals surface area contributed by atoms with E-state index in [0.717, 1.165) is 31.8 Å². The Kier molecular flexibility index (Phi) is 5.51. The summed E-state index contributed by atoms with van der Waals surface area (Å²) in [6.45, 7) is 12.9. The Bertz CT molecular complexity index is 278. The van der Waals surface area contributed by atoms with Crippen LogP contribution in [0.2, 0.25) is 0 Å². The zero-order valence-electron chi connectivity index (χ0n) is 12.6. The summed E-state index contributed by atoms with van der Waals surface area (Å²) in [6.07, 6.45) is 4.82. The van der Waals surface area contributed by atoms with Crippen LogP contribution in [0.25, 0.3) is 0 Å². The molecule has 0 N–H and O–H groups in total. The molecule has 0 spiro atoms. The minimum absolute atomic E-state index is 0.264. The van der Waals surface area contributed by atoms with E-state index in [1.165, 1.54) is 12.8 Å². The Balaban J connectivity index is 2.56. The highest BCUT2D eigenvalue weighted by Crippen LogP contribution is 2.35. The van der Waals surface area contributed by atoms with E-state index in [1.807, 2.05) is 13.8 Å². The first-order chi connectivity index (χ1) is 8.12. The van der Waals surface area contributed by atoms with Crippen LogP contribution in [-0.2, 0) is 4.79 Å². The highest BCUT2D eigenvalue weighted by atomic mass is 127. The second kappa shape index (κ2) is 6.10. The molecule has 1 aliphatic rings. The Morgan fingerprint density at radius 1 is 1.06 bits per heavy atom. The standard InChI is InChI=1S/C15H28INO/c1-14(2,3)12-8-6-10-17(11-7-9-12)13(18)15(4,5)16/h12H,6-11H2,1-5H3. The molecule has 0 aromatic rings. The van der Waals surface area contributed by atoms with E-state index in [-0.39, 0.29) is 3.42 Å². The van der Waals surface area contributed by atoms with Crippen LogP contribution in [0.4, 0.5) is 0 Å². The average Bonchev–Trinajstić information content (AvgIpc) is 2.12. The van der Waals surface area contributed by atoms with Crippen molar-refractivity contribution in [3.63, 3.8) is 0 Å². The maximum Gasteiger partial charge on any atom is 0.238 e. The Hall–Kier alpha value is 0.200. The fourth-order valence-electron chi connectivity index (χ4n) is 2.76. The lowest BCUT2D eigenvalue weighted by Gasteiger charge is -2.36. The lowest BCUT2D eigenvalue weighted by Crippen LogP contribution is -2.43. The molecule has 1 heterocycles. The van der Waals surface area contributed by atoms with Crippen molar-refractivity contribution in [3.05, 3.63) is 0 Å². The van der Waals surface area contributed by atoms with E-state index in [9.17, 15) is 4.79 Å². The summed E-state index contributed by atoms with van der Waals surface area (Å²) in [5, 5.41) is 0. The number of halogens is 1. The SMILES string of the molecule is CC(C)(I)C(=O)N1CCCC(C(C)(C)C)CCC1. The predicted molar refractivity (Wildman–Crippen MR) is 86.1 cm³/mol. The van der Waals surface area contributed by atoms with Gasteiger partial charge < -0.3 is 4.90 Å². The second-order valence-electron chi connectivity index (χ2n) is 7.11. The van der Waals surface area contributed by atoms with Crippen molar-refractivity contribution in [3.8, 4) is 0 Å².